The largest absolute Gasteiger partial charge is 0.463 e. The van der Waals surface area contributed by atoms with Crippen molar-refractivity contribution in [2.45, 2.75) is 26.2 Å². The van der Waals surface area contributed by atoms with E-state index in [0.717, 1.165) is 25.0 Å². The van der Waals surface area contributed by atoms with E-state index in [-0.39, 0.29) is 0 Å². The average Bonchev–Trinajstić information content (AvgIpc) is 3.10. The molecule has 0 amide bonds. The monoisotopic (exact) mass is 286 g/mol. The molecule has 1 aliphatic heterocycles. The lowest BCUT2D eigenvalue weighted by Gasteiger charge is -2.27. The van der Waals surface area contributed by atoms with Gasteiger partial charge in [0.05, 0.1) is 12.0 Å². The summed E-state index contributed by atoms with van der Waals surface area (Å²) in [7, 11) is 0. The first-order valence-corrected chi connectivity index (χ1v) is 7.43. The topological polar surface area (TPSA) is 78.3 Å². The third-order valence-corrected chi connectivity index (χ3v) is 4.23. The number of allylic oxidation sites excluding steroid dienone is 2. The smallest absolute Gasteiger partial charge is 0.149 e. The van der Waals surface area contributed by atoms with Crippen molar-refractivity contribution in [1.29, 1.82) is 5.41 Å². The first-order valence-electron chi connectivity index (χ1n) is 7.43. The zero-order valence-corrected chi connectivity index (χ0v) is 12.4. The van der Waals surface area contributed by atoms with Gasteiger partial charge in [0, 0.05) is 18.7 Å². The van der Waals surface area contributed by atoms with E-state index in [9.17, 15) is 0 Å². The van der Waals surface area contributed by atoms with Gasteiger partial charge in [-0.1, -0.05) is 11.6 Å². The standard InChI is InChI=1S/C16H22N4O/c1-11-4-2-5-12(8-11)10-20-16(18)13(9-19-20)15(17)14-6-3-7-21-14/h3-4,6-7,12,18-19H,2,5,8-10,17H2,1H3. The van der Waals surface area contributed by atoms with Gasteiger partial charge in [0.25, 0.3) is 0 Å². The van der Waals surface area contributed by atoms with Gasteiger partial charge in [-0.05, 0) is 44.2 Å². The molecule has 1 aromatic rings. The van der Waals surface area contributed by atoms with E-state index < -0.39 is 0 Å². The molecule has 1 aliphatic carbocycles. The Morgan fingerprint density at radius 3 is 3.14 bits per heavy atom. The molecule has 0 aromatic carbocycles. The summed E-state index contributed by atoms with van der Waals surface area (Å²) in [6, 6.07) is 3.64. The molecule has 112 valence electrons. The highest BCUT2D eigenvalue weighted by atomic mass is 16.3. The lowest BCUT2D eigenvalue weighted by molar-refractivity contribution is 0.273. The van der Waals surface area contributed by atoms with E-state index in [2.05, 4.69) is 18.4 Å². The van der Waals surface area contributed by atoms with E-state index in [0.29, 0.717) is 29.8 Å². The van der Waals surface area contributed by atoms with Gasteiger partial charge < -0.3 is 10.2 Å². The number of furan rings is 1. The van der Waals surface area contributed by atoms with Crippen molar-refractivity contribution in [3.05, 3.63) is 41.4 Å². The minimum Gasteiger partial charge on any atom is -0.463 e. The normalized spacial score (nSPS) is 25.2. The summed E-state index contributed by atoms with van der Waals surface area (Å²) in [5, 5.41) is 10.3. The number of rotatable bonds is 3. The lowest BCUT2D eigenvalue weighted by atomic mass is 9.89. The Balaban J connectivity index is 1.69. The van der Waals surface area contributed by atoms with Crippen LogP contribution >= 0.6 is 0 Å². The van der Waals surface area contributed by atoms with E-state index in [1.165, 1.54) is 12.0 Å². The van der Waals surface area contributed by atoms with E-state index in [1.807, 2.05) is 17.1 Å². The minimum absolute atomic E-state index is 0.469. The molecule has 1 aromatic heterocycles. The Hall–Kier alpha value is -2.01. The van der Waals surface area contributed by atoms with Crippen LogP contribution in [0.15, 0.2) is 40.0 Å². The van der Waals surface area contributed by atoms with Crippen LogP contribution in [0.1, 0.15) is 31.9 Å². The summed E-state index contributed by atoms with van der Waals surface area (Å²) < 4.78 is 5.32. The number of hydrogen-bond acceptors (Lipinski definition) is 4. The second-order valence-electron chi connectivity index (χ2n) is 5.86. The Bertz CT molecular complexity index is 585. The molecule has 5 heteroatoms. The van der Waals surface area contributed by atoms with Crippen LogP contribution in [0.3, 0.4) is 0 Å². The third kappa shape index (κ3) is 2.88. The number of nitrogens with two attached hydrogens (primary N) is 1. The molecule has 3 rings (SSSR count). The van der Waals surface area contributed by atoms with Crippen LogP contribution in [0.25, 0.3) is 5.70 Å². The van der Waals surface area contributed by atoms with Crippen molar-refractivity contribution in [3.8, 4) is 0 Å². The first-order chi connectivity index (χ1) is 10.1. The van der Waals surface area contributed by atoms with E-state index in [1.54, 1.807) is 6.26 Å². The molecule has 0 radical (unpaired) electrons. The van der Waals surface area contributed by atoms with Crippen LogP contribution in [0.4, 0.5) is 0 Å². The molecule has 5 nitrogen and oxygen atoms in total. The van der Waals surface area contributed by atoms with Gasteiger partial charge in [0.15, 0.2) is 0 Å². The van der Waals surface area contributed by atoms with Crippen molar-refractivity contribution in [2.24, 2.45) is 11.7 Å². The highest BCUT2D eigenvalue weighted by Gasteiger charge is 2.28. The van der Waals surface area contributed by atoms with Crippen LogP contribution in [0.2, 0.25) is 0 Å². The highest BCUT2D eigenvalue weighted by Crippen LogP contribution is 2.26. The van der Waals surface area contributed by atoms with Crippen molar-refractivity contribution >= 4 is 11.5 Å². The maximum absolute atomic E-state index is 8.33. The average molecular weight is 286 g/mol. The van der Waals surface area contributed by atoms with Crippen LogP contribution in [0, 0.1) is 11.3 Å². The van der Waals surface area contributed by atoms with Gasteiger partial charge in [0.2, 0.25) is 0 Å². The van der Waals surface area contributed by atoms with Crippen molar-refractivity contribution in [2.75, 3.05) is 13.1 Å². The molecule has 1 unspecified atom stereocenters. The maximum atomic E-state index is 8.33. The molecule has 0 bridgehead atoms. The quantitative estimate of drug-likeness (QED) is 0.746. The van der Waals surface area contributed by atoms with Gasteiger partial charge in [-0.3, -0.25) is 10.4 Å². The van der Waals surface area contributed by atoms with Crippen LogP contribution in [-0.4, -0.2) is 23.9 Å². The van der Waals surface area contributed by atoms with Crippen molar-refractivity contribution < 1.29 is 4.42 Å². The molecule has 21 heavy (non-hydrogen) atoms. The number of amidine groups is 1. The molecular weight excluding hydrogens is 264 g/mol. The molecule has 2 heterocycles. The Labute approximate surface area is 125 Å². The van der Waals surface area contributed by atoms with Gasteiger partial charge in [-0.25, -0.2) is 5.43 Å². The summed E-state index contributed by atoms with van der Waals surface area (Å²) in [6.45, 7) is 3.64. The Morgan fingerprint density at radius 1 is 1.57 bits per heavy atom. The lowest BCUT2D eigenvalue weighted by Crippen LogP contribution is -2.38. The summed E-state index contributed by atoms with van der Waals surface area (Å²) in [6.07, 6.45) is 7.38. The van der Waals surface area contributed by atoms with Crippen LogP contribution in [0.5, 0.6) is 0 Å². The van der Waals surface area contributed by atoms with Crippen molar-refractivity contribution in [1.82, 2.24) is 10.4 Å². The van der Waals surface area contributed by atoms with Gasteiger partial charge >= 0.3 is 0 Å². The molecule has 2 aliphatic rings. The van der Waals surface area contributed by atoms with Gasteiger partial charge in [-0.15, -0.1) is 0 Å². The van der Waals surface area contributed by atoms with E-state index >= 15 is 0 Å². The molecule has 4 N–H and O–H groups in total. The Kier molecular flexibility index (Phi) is 3.84. The predicted octanol–water partition coefficient (Wildman–Crippen LogP) is 2.49. The fourth-order valence-corrected chi connectivity index (χ4v) is 3.08. The van der Waals surface area contributed by atoms with Crippen LogP contribution in [-0.2, 0) is 0 Å². The van der Waals surface area contributed by atoms with E-state index in [4.69, 9.17) is 15.6 Å². The number of nitrogens with zero attached hydrogens (tertiary/aromatic N) is 1. The molecule has 1 atom stereocenters. The number of hydrazine groups is 1. The fourth-order valence-electron chi connectivity index (χ4n) is 3.08. The highest BCUT2D eigenvalue weighted by molar-refractivity contribution is 6.03. The SMILES string of the molecule is CC1=CCCC(CN2NCC(=C(N)c3ccco3)C2=N)C1. The van der Waals surface area contributed by atoms with Crippen molar-refractivity contribution in [3.63, 3.8) is 0 Å². The number of nitrogens with one attached hydrogen (secondary N) is 2. The predicted molar refractivity (Wildman–Crippen MR) is 83.3 cm³/mol. The summed E-state index contributed by atoms with van der Waals surface area (Å²) >= 11 is 0. The first kappa shape index (κ1) is 13.9. The Morgan fingerprint density at radius 2 is 2.43 bits per heavy atom. The molecule has 1 saturated heterocycles. The molecule has 0 spiro atoms. The molecule has 1 fully saturated rings. The fraction of sp³-hybridized carbons (Fsp3) is 0.438. The second-order valence-corrected chi connectivity index (χ2v) is 5.86. The van der Waals surface area contributed by atoms with Gasteiger partial charge in [-0.2, -0.15) is 0 Å². The van der Waals surface area contributed by atoms with Gasteiger partial charge in [0.1, 0.15) is 11.6 Å². The van der Waals surface area contributed by atoms with Crippen LogP contribution < -0.4 is 11.2 Å². The third-order valence-electron chi connectivity index (χ3n) is 4.23. The summed E-state index contributed by atoms with van der Waals surface area (Å²) in [5.74, 6) is 1.71. The molecule has 0 saturated carbocycles. The zero-order chi connectivity index (χ0) is 14.8. The maximum Gasteiger partial charge on any atom is 0.149 e. The molecular formula is C16H22N4O. The minimum atomic E-state index is 0.469. The summed E-state index contributed by atoms with van der Waals surface area (Å²) in [5.41, 5.74) is 12.2. The second kappa shape index (κ2) is 5.77. The summed E-state index contributed by atoms with van der Waals surface area (Å²) in [4.78, 5) is 0. The number of hydrogen-bond donors (Lipinski definition) is 3. The zero-order valence-electron chi connectivity index (χ0n) is 12.4.